The zero-order chi connectivity index (χ0) is 20.7. The Kier molecular flexibility index (Phi) is 4.74. The van der Waals surface area contributed by atoms with E-state index in [1.54, 1.807) is 11.7 Å². The largest absolute Gasteiger partial charge is 0.472 e. The number of rotatable bonds is 6. The number of benzene rings is 2. The quantitative estimate of drug-likeness (QED) is 0.435. The summed E-state index contributed by atoms with van der Waals surface area (Å²) in [4.78, 5) is 12.4. The van der Waals surface area contributed by atoms with Crippen LogP contribution in [0.15, 0.2) is 64.0 Å². The van der Waals surface area contributed by atoms with Crippen LogP contribution in [0.3, 0.4) is 0 Å². The molecule has 0 radical (unpaired) electrons. The molecule has 0 aliphatic heterocycles. The van der Waals surface area contributed by atoms with Crippen molar-refractivity contribution in [3.8, 4) is 17.3 Å². The monoisotopic (exact) mass is 466 g/mol. The van der Waals surface area contributed by atoms with Crippen molar-refractivity contribution in [2.75, 3.05) is 0 Å². The lowest BCUT2D eigenvalue weighted by atomic mass is 10.0. The summed E-state index contributed by atoms with van der Waals surface area (Å²) < 4.78 is 11.4. The van der Waals surface area contributed by atoms with Gasteiger partial charge in [-0.05, 0) is 65.1 Å². The summed E-state index contributed by atoms with van der Waals surface area (Å²) in [6, 6.07) is 15.6. The Morgan fingerprint density at radius 2 is 1.90 bits per heavy atom. The molecule has 0 bridgehead atoms. The molecule has 2 aromatic heterocycles. The van der Waals surface area contributed by atoms with E-state index in [1.165, 1.54) is 14.9 Å². The van der Waals surface area contributed by atoms with Crippen LogP contribution in [-0.4, -0.2) is 29.6 Å². The number of aromatic nitrogens is 6. The SMILES string of the molecule is Cn1nnn(-c2cccc(C3CC3)c2COc2ccn(-c3ccc(Br)cc3)n2)c1=O. The normalized spacial score (nSPS) is 13.5. The van der Waals surface area contributed by atoms with Gasteiger partial charge in [-0.15, -0.1) is 5.10 Å². The highest BCUT2D eigenvalue weighted by Gasteiger charge is 2.28. The average Bonchev–Trinajstić information content (AvgIpc) is 3.41. The molecule has 0 amide bonds. The Morgan fingerprint density at radius 3 is 2.60 bits per heavy atom. The minimum Gasteiger partial charge on any atom is -0.472 e. The van der Waals surface area contributed by atoms with E-state index < -0.39 is 0 Å². The fraction of sp³-hybridized carbons (Fsp3) is 0.238. The second-order valence-corrected chi connectivity index (χ2v) is 8.20. The van der Waals surface area contributed by atoms with E-state index >= 15 is 0 Å². The van der Waals surface area contributed by atoms with Gasteiger partial charge in [-0.2, -0.15) is 9.36 Å². The molecule has 1 fully saturated rings. The van der Waals surface area contributed by atoms with Crippen molar-refractivity contribution < 1.29 is 4.74 Å². The summed E-state index contributed by atoms with van der Waals surface area (Å²) >= 11 is 3.44. The highest BCUT2D eigenvalue weighted by Crippen LogP contribution is 2.43. The van der Waals surface area contributed by atoms with E-state index in [4.69, 9.17) is 4.74 Å². The van der Waals surface area contributed by atoms with Crippen LogP contribution in [-0.2, 0) is 13.7 Å². The van der Waals surface area contributed by atoms with Gasteiger partial charge in [0.15, 0.2) is 0 Å². The Hall–Kier alpha value is -3.20. The third-order valence-electron chi connectivity index (χ3n) is 5.17. The molecule has 0 saturated heterocycles. The Labute approximate surface area is 180 Å². The molecule has 152 valence electrons. The molecule has 5 rings (SSSR count). The van der Waals surface area contributed by atoms with E-state index in [0.29, 0.717) is 24.1 Å². The van der Waals surface area contributed by atoms with Crippen molar-refractivity contribution in [3.63, 3.8) is 0 Å². The number of hydrogen-bond acceptors (Lipinski definition) is 5. The Bertz CT molecular complexity index is 1250. The molecular weight excluding hydrogens is 448 g/mol. The first-order chi connectivity index (χ1) is 14.6. The van der Waals surface area contributed by atoms with Gasteiger partial charge in [0.05, 0.1) is 11.4 Å². The third-order valence-corrected chi connectivity index (χ3v) is 5.70. The maximum Gasteiger partial charge on any atom is 0.368 e. The molecule has 2 heterocycles. The van der Waals surface area contributed by atoms with Gasteiger partial charge >= 0.3 is 5.69 Å². The van der Waals surface area contributed by atoms with Gasteiger partial charge in [0.25, 0.3) is 0 Å². The van der Waals surface area contributed by atoms with Crippen molar-refractivity contribution in [3.05, 3.63) is 80.8 Å². The van der Waals surface area contributed by atoms with Gasteiger partial charge in [0.1, 0.15) is 6.61 Å². The summed E-state index contributed by atoms with van der Waals surface area (Å²) in [5.74, 6) is 1.01. The van der Waals surface area contributed by atoms with Crippen molar-refractivity contribution in [1.29, 1.82) is 0 Å². The minimum atomic E-state index is -0.288. The van der Waals surface area contributed by atoms with Crippen LogP contribution in [0, 0.1) is 0 Å². The van der Waals surface area contributed by atoms with E-state index in [9.17, 15) is 4.79 Å². The van der Waals surface area contributed by atoms with Gasteiger partial charge in [0, 0.05) is 29.3 Å². The summed E-state index contributed by atoms with van der Waals surface area (Å²) in [7, 11) is 1.58. The average molecular weight is 467 g/mol. The van der Waals surface area contributed by atoms with E-state index in [0.717, 1.165) is 28.6 Å². The zero-order valence-corrected chi connectivity index (χ0v) is 17.9. The summed E-state index contributed by atoms with van der Waals surface area (Å²) in [5.41, 5.74) is 3.49. The van der Waals surface area contributed by atoms with Crippen molar-refractivity contribution in [2.45, 2.75) is 25.4 Å². The molecule has 0 unspecified atom stereocenters. The summed E-state index contributed by atoms with van der Waals surface area (Å²) in [6.45, 7) is 0.294. The van der Waals surface area contributed by atoms with Gasteiger partial charge in [-0.1, -0.05) is 28.1 Å². The van der Waals surface area contributed by atoms with Crippen LogP contribution in [0.2, 0.25) is 0 Å². The number of nitrogens with zero attached hydrogens (tertiary/aromatic N) is 6. The lowest BCUT2D eigenvalue weighted by Crippen LogP contribution is -2.23. The summed E-state index contributed by atoms with van der Waals surface area (Å²) in [6.07, 6.45) is 4.15. The zero-order valence-electron chi connectivity index (χ0n) is 16.3. The molecule has 1 saturated carbocycles. The number of tetrazole rings is 1. The molecule has 0 atom stereocenters. The predicted octanol–water partition coefficient (Wildman–Crippen LogP) is 3.37. The fourth-order valence-corrected chi connectivity index (χ4v) is 3.72. The second-order valence-electron chi connectivity index (χ2n) is 7.28. The standard InChI is InChI=1S/C21H19BrN6O2/c1-26-21(29)28(25-24-26)19-4-2-3-17(14-5-6-14)18(19)13-30-20-11-12-27(23-20)16-9-7-15(22)8-10-16/h2-4,7-12,14H,5-6,13H2,1H3. The van der Waals surface area contributed by atoms with E-state index in [-0.39, 0.29) is 5.69 Å². The Balaban J connectivity index is 1.44. The van der Waals surface area contributed by atoms with Gasteiger partial charge in [0.2, 0.25) is 5.88 Å². The first-order valence-electron chi connectivity index (χ1n) is 9.66. The summed E-state index contributed by atoms with van der Waals surface area (Å²) in [5, 5.41) is 12.4. The van der Waals surface area contributed by atoms with Crippen LogP contribution in [0.4, 0.5) is 0 Å². The van der Waals surface area contributed by atoms with Gasteiger partial charge in [-0.3, -0.25) is 0 Å². The molecule has 1 aliphatic rings. The molecule has 0 spiro atoms. The van der Waals surface area contributed by atoms with Gasteiger partial charge < -0.3 is 4.74 Å². The van der Waals surface area contributed by atoms with Crippen LogP contribution in [0.1, 0.15) is 29.9 Å². The van der Waals surface area contributed by atoms with Crippen LogP contribution in [0.5, 0.6) is 5.88 Å². The first-order valence-corrected chi connectivity index (χ1v) is 10.4. The number of halogens is 1. The fourth-order valence-electron chi connectivity index (χ4n) is 3.46. The lowest BCUT2D eigenvalue weighted by Gasteiger charge is -2.14. The molecular formula is C21H19BrN6O2. The smallest absolute Gasteiger partial charge is 0.368 e. The lowest BCUT2D eigenvalue weighted by molar-refractivity contribution is 0.290. The third kappa shape index (κ3) is 3.56. The minimum absolute atomic E-state index is 0.288. The first kappa shape index (κ1) is 18.8. The van der Waals surface area contributed by atoms with E-state index in [1.807, 2.05) is 48.7 Å². The molecule has 2 aromatic carbocycles. The van der Waals surface area contributed by atoms with Crippen LogP contribution in [0.25, 0.3) is 11.4 Å². The highest BCUT2D eigenvalue weighted by molar-refractivity contribution is 9.10. The molecule has 4 aromatic rings. The second kappa shape index (κ2) is 7.56. The van der Waals surface area contributed by atoms with E-state index in [2.05, 4.69) is 37.5 Å². The topological polar surface area (TPSA) is 79.8 Å². The number of ether oxygens (including phenoxy) is 1. The van der Waals surface area contributed by atoms with Crippen molar-refractivity contribution in [2.24, 2.45) is 7.05 Å². The number of aryl methyl sites for hydroxylation is 1. The number of hydrogen-bond donors (Lipinski definition) is 0. The maximum atomic E-state index is 12.4. The predicted molar refractivity (Wildman–Crippen MR) is 114 cm³/mol. The maximum absolute atomic E-state index is 12.4. The highest BCUT2D eigenvalue weighted by atomic mass is 79.9. The Morgan fingerprint density at radius 1 is 1.10 bits per heavy atom. The molecule has 30 heavy (non-hydrogen) atoms. The van der Waals surface area contributed by atoms with Crippen molar-refractivity contribution >= 4 is 15.9 Å². The molecule has 8 nitrogen and oxygen atoms in total. The van der Waals surface area contributed by atoms with Crippen LogP contribution >= 0.6 is 15.9 Å². The molecule has 0 N–H and O–H groups in total. The molecule has 1 aliphatic carbocycles. The van der Waals surface area contributed by atoms with Crippen LogP contribution < -0.4 is 10.4 Å². The van der Waals surface area contributed by atoms with Crippen molar-refractivity contribution in [1.82, 2.24) is 29.6 Å². The molecule has 9 heteroatoms. The van der Waals surface area contributed by atoms with Gasteiger partial charge in [-0.25, -0.2) is 9.48 Å².